The molecule has 0 aliphatic heterocycles. The van der Waals surface area contributed by atoms with Gasteiger partial charge in [0.1, 0.15) is 0 Å². The molecule has 25 heavy (non-hydrogen) atoms. The van der Waals surface area contributed by atoms with Gasteiger partial charge in [-0.3, -0.25) is 14.4 Å². The SMILES string of the molecule is CC(=O)Nc1ccc(/C=C/C(=O)NCCNC(=O)c2ccco2)cc1. The van der Waals surface area contributed by atoms with Crippen molar-refractivity contribution in [2.24, 2.45) is 0 Å². The second-order valence-corrected chi connectivity index (χ2v) is 5.16. The van der Waals surface area contributed by atoms with Crippen molar-refractivity contribution in [3.8, 4) is 0 Å². The molecule has 0 bridgehead atoms. The van der Waals surface area contributed by atoms with E-state index in [1.807, 2.05) is 0 Å². The number of nitrogens with one attached hydrogen (secondary N) is 3. The number of carbonyl (C=O) groups is 3. The van der Waals surface area contributed by atoms with Crippen molar-refractivity contribution in [1.82, 2.24) is 10.6 Å². The Morgan fingerprint density at radius 1 is 1.04 bits per heavy atom. The molecular weight excluding hydrogens is 322 g/mol. The Kier molecular flexibility index (Phi) is 6.53. The molecule has 7 heteroatoms. The van der Waals surface area contributed by atoms with Crippen LogP contribution in [0.5, 0.6) is 0 Å². The number of hydrogen-bond acceptors (Lipinski definition) is 4. The fraction of sp³-hybridized carbons (Fsp3) is 0.167. The molecule has 0 aliphatic carbocycles. The van der Waals surface area contributed by atoms with Gasteiger partial charge in [-0.2, -0.15) is 0 Å². The lowest BCUT2D eigenvalue weighted by molar-refractivity contribution is -0.116. The van der Waals surface area contributed by atoms with Crippen LogP contribution >= 0.6 is 0 Å². The van der Waals surface area contributed by atoms with Crippen LogP contribution in [-0.2, 0) is 9.59 Å². The summed E-state index contributed by atoms with van der Waals surface area (Å²) in [5, 5.41) is 7.96. The maximum absolute atomic E-state index is 11.7. The zero-order valence-electron chi connectivity index (χ0n) is 13.7. The second kappa shape index (κ2) is 9.07. The van der Waals surface area contributed by atoms with E-state index in [0.717, 1.165) is 5.56 Å². The van der Waals surface area contributed by atoms with E-state index in [1.165, 1.54) is 19.3 Å². The first kappa shape index (κ1) is 18.0. The van der Waals surface area contributed by atoms with Crippen molar-refractivity contribution in [1.29, 1.82) is 0 Å². The summed E-state index contributed by atoms with van der Waals surface area (Å²) in [4.78, 5) is 34.3. The van der Waals surface area contributed by atoms with Crippen LogP contribution in [-0.4, -0.2) is 30.8 Å². The quantitative estimate of drug-likeness (QED) is 0.528. The molecule has 1 aromatic carbocycles. The second-order valence-electron chi connectivity index (χ2n) is 5.16. The highest BCUT2D eigenvalue weighted by atomic mass is 16.3. The molecule has 0 atom stereocenters. The third-order valence-electron chi connectivity index (χ3n) is 3.11. The maximum Gasteiger partial charge on any atom is 0.287 e. The van der Waals surface area contributed by atoms with Crippen molar-refractivity contribution in [3.05, 3.63) is 60.1 Å². The van der Waals surface area contributed by atoms with E-state index in [0.29, 0.717) is 18.8 Å². The minimum Gasteiger partial charge on any atom is -0.459 e. The van der Waals surface area contributed by atoms with Crippen LogP contribution in [0.25, 0.3) is 6.08 Å². The van der Waals surface area contributed by atoms with Gasteiger partial charge in [-0.25, -0.2) is 0 Å². The highest BCUT2D eigenvalue weighted by Gasteiger charge is 2.06. The predicted octanol–water partition coefficient (Wildman–Crippen LogP) is 1.80. The first-order valence-electron chi connectivity index (χ1n) is 7.70. The minimum absolute atomic E-state index is 0.137. The molecule has 7 nitrogen and oxygen atoms in total. The Morgan fingerprint density at radius 2 is 1.76 bits per heavy atom. The summed E-state index contributed by atoms with van der Waals surface area (Å²) in [7, 11) is 0. The molecule has 0 spiro atoms. The molecule has 0 saturated carbocycles. The Morgan fingerprint density at radius 3 is 2.40 bits per heavy atom. The van der Waals surface area contributed by atoms with Crippen molar-refractivity contribution >= 4 is 29.5 Å². The summed E-state index contributed by atoms with van der Waals surface area (Å²) in [5.41, 5.74) is 1.52. The molecule has 0 saturated heterocycles. The van der Waals surface area contributed by atoms with Crippen LogP contribution in [0.15, 0.2) is 53.2 Å². The number of furan rings is 1. The van der Waals surface area contributed by atoms with Gasteiger partial charge in [-0.15, -0.1) is 0 Å². The van der Waals surface area contributed by atoms with Gasteiger partial charge in [-0.1, -0.05) is 12.1 Å². The van der Waals surface area contributed by atoms with Gasteiger partial charge in [0.15, 0.2) is 5.76 Å². The van der Waals surface area contributed by atoms with E-state index in [4.69, 9.17) is 4.42 Å². The number of benzene rings is 1. The van der Waals surface area contributed by atoms with Crippen LogP contribution in [0.2, 0.25) is 0 Å². The van der Waals surface area contributed by atoms with Crippen molar-refractivity contribution in [2.75, 3.05) is 18.4 Å². The number of anilines is 1. The Labute approximate surface area is 145 Å². The normalized spacial score (nSPS) is 10.4. The first-order chi connectivity index (χ1) is 12.0. The smallest absolute Gasteiger partial charge is 0.287 e. The standard InChI is InChI=1S/C18H19N3O4/c1-13(22)21-15-7-4-14(5-8-15)6-9-17(23)19-10-11-20-18(24)16-3-2-12-25-16/h2-9,12H,10-11H2,1H3,(H,19,23)(H,20,24)(H,21,22)/b9-6+. The van der Waals surface area contributed by atoms with Crippen molar-refractivity contribution in [3.63, 3.8) is 0 Å². The number of amides is 3. The fourth-order valence-electron chi connectivity index (χ4n) is 1.97. The van der Waals surface area contributed by atoms with Gasteiger partial charge < -0.3 is 20.4 Å². The van der Waals surface area contributed by atoms with E-state index in [1.54, 1.807) is 42.5 Å². The van der Waals surface area contributed by atoms with Crippen LogP contribution in [0.4, 0.5) is 5.69 Å². The lowest BCUT2D eigenvalue weighted by atomic mass is 10.2. The highest BCUT2D eigenvalue weighted by Crippen LogP contribution is 2.10. The fourth-order valence-corrected chi connectivity index (χ4v) is 1.97. The van der Waals surface area contributed by atoms with Crippen LogP contribution in [0, 0.1) is 0 Å². The zero-order chi connectivity index (χ0) is 18.1. The van der Waals surface area contributed by atoms with Crippen LogP contribution in [0.3, 0.4) is 0 Å². The molecule has 1 heterocycles. The lowest BCUT2D eigenvalue weighted by Gasteiger charge is -2.04. The average Bonchev–Trinajstić information content (AvgIpc) is 3.12. The van der Waals surface area contributed by atoms with Crippen LogP contribution in [0.1, 0.15) is 23.0 Å². The molecule has 3 N–H and O–H groups in total. The highest BCUT2D eigenvalue weighted by molar-refractivity contribution is 5.93. The molecule has 130 valence electrons. The monoisotopic (exact) mass is 341 g/mol. The summed E-state index contributed by atoms with van der Waals surface area (Å²) in [5.74, 6) is -0.497. The van der Waals surface area contributed by atoms with E-state index >= 15 is 0 Å². The number of hydrogen-bond donors (Lipinski definition) is 3. The van der Waals surface area contributed by atoms with Gasteiger partial charge in [0.05, 0.1) is 6.26 Å². The van der Waals surface area contributed by atoms with Gasteiger partial charge in [0.2, 0.25) is 11.8 Å². The van der Waals surface area contributed by atoms with Gasteiger partial charge >= 0.3 is 0 Å². The molecule has 3 amide bonds. The van der Waals surface area contributed by atoms with E-state index in [2.05, 4.69) is 16.0 Å². The maximum atomic E-state index is 11.7. The van der Waals surface area contributed by atoms with Gasteiger partial charge in [0.25, 0.3) is 5.91 Å². The van der Waals surface area contributed by atoms with Gasteiger partial charge in [0, 0.05) is 31.8 Å². The molecule has 0 radical (unpaired) electrons. The first-order valence-corrected chi connectivity index (χ1v) is 7.70. The minimum atomic E-state index is -0.325. The average molecular weight is 341 g/mol. The molecule has 0 unspecified atom stereocenters. The number of rotatable bonds is 7. The molecule has 0 fully saturated rings. The summed E-state index contributed by atoms with van der Waals surface area (Å²) in [6.07, 6.45) is 4.49. The van der Waals surface area contributed by atoms with E-state index in [9.17, 15) is 14.4 Å². The summed E-state index contributed by atoms with van der Waals surface area (Å²) in [6.45, 7) is 2.04. The summed E-state index contributed by atoms with van der Waals surface area (Å²) >= 11 is 0. The number of carbonyl (C=O) groups excluding carboxylic acids is 3. The Hall–Kier alpha value is -3.35. The third kappa shape index (κ3) is 6.34. The molecule has 0 aliphatic rings. The summed E-state index contributed by atoms with van der Waals surface area (Å²) in [6, 6.07) is 10.3. The lowest BCUT2D eigenvalue weighted by Crippen LogP contribution is -2.33. The van der Waals surface area contributed by atoms with Gasteiger partial charge in [-0.05, 0) is 35.9 Å². The Bertz CT molecular complexity index is 749. The Balaban J connectivity index is 1.70. The van der Waals surface area contributed by atoms with Crippen molar-refractivity contribution < 1.29 is 18.8 Å². The van der Waals surface area contributed by atoms with Crippen molar-refractivity contribution in [2.45, 2.75) is 6.92 Å². The predicted molar refractivity (Wildman–Crippen MR) is 93.8 cm³/mol. The largest absolute Gasteiger partial charge is 0.459 e. The van der Waals surface area contributed by atoms with Crippen LogP contribution < -0.4 is 16.0 Å². The van der Waals surface area contributed by atoms with E-state index < -0.39 is 0 Å². The molecular formula is C18H19N3O4. The summed E-state index contributed by atoms with van der Waals surface area (Å²) < 4.78 is 4.96. The molecule has 1 aromatic heterocycles. The van der Waals surface area contributed by atoms with E-state index in [-0.39, 0.29) is 23.5 Å². The third-order valence-corrected chi connectivity index (χ3v) is 3.11. The zero-order valence-corrected chi connectivity index (χ0v) is 13.7. The topological polar surface area (TPSA) is 100 Å². The molecule has 2 rings (SSSR count). The molecule has 2 aromatic rings.